The highest BCUT2D eigenvalue weighted by Gasteiger charge is 1.88. The van der Waals surface area contributed by atoms with E-state index in [0.29, 0.717) is 0 Å². The van der Waals surface area contributed by atoms with Gasteiger partial charge in [0.25, 0.3) is 0 Å². The van der Waals surface area contributed by atoms with Crippen LogP contribution in [0.5, 0.6) is 0 Å². The maximum absolute atomic E-state index is 2.12. The van der Waals surface area contributed by atoms with Crippen molar-refractivity contribution in [2.45, 2.75) is 0 Å². The Morgan fingerprint density at radius 3 is 0.538 bits per heavy atom. The summed E-state index contributed by atoms with van der Waals surface area (Å²) in [6.45, 7) is 0. The SMILES string of the molecule is C[N+](C)(C)C.C[N+](C)(C)C.O.[Cl-].[OH-]. The van der Waals surface area contributed by atoms with Crippen LogP contribution in [0.3, 0.4) is 0 Å². The van der Waals surface area contributed by atoms with Crippen molar-refractivity contribution < 1.29 is 32.3 Å². The summed E-state index contributed by atoms with van der Waals surface area (Å²) in [6, 6.07) is 0. The van der Waals surface area contributed by atoms with Crippen LogP contribution >= 0.6 is 0 Å². The van der Waals surface area contributed by atoms with Gasteiger partial charge in [-0.15, -0.1) is 0 Å². The second-order valence-electron chi connectivity index (χ2n) is 5.37. The van der Waals surface area contributed by atoms with Gasteiger partial charge in [-0.3, -0.25) is 0 Å². The van der Waals surface area contributed by atoms with Crippen LogP contribution in [0.15, 0.2) is 0 Å². The molecule has 0 aliphatic rings. The van der Waals surface area contributed by atoms with Gasteiger partial charge in [0.1, 0.15) is 0 Å². The molecule has 0 aromatic rings. The minimum absolute atomic E-state index is 0. The summed E-state index contributed by atoms with van der Waals surface area (Å²) in [5, 5.41) is 0. The first-order chi connectivity index (χ1) is 4.00. The summed E-state index contributed by atoms with van der Waals surface area (Å²) >= 11 is 0. The molecule has 3 N–H and O–H groups in total. The molecule has 4 nitrogen and oxygen atoms in total. The van der Waals surface area contributed by atoms with Crippen molar-refractivity contribution in [2.75, 3.05) is 56.4 Å². The summed E-state index contributed by atoms with van der Waals surface area (Å²) in [4.78, 5) is 0. The van der Waals surface area contributed by atoms with Gasteiger partial charge in [-0.2, -0.15) is 0 Å². The average molecular weight is 219 g/mol. The van der Waals surface area contributed by atoms with E-state index in [9.17, 15) is 0 Å². The first-order valence-electron chi connectivity index (χ1n) is 3.58. The van der Waals surface area contributed by atoms with Crippen molar-refractivity contribution in [3.05, 3.63) is 0 Å². The number of hydrogen-bond donors (Lipinski definition) is 0. The van der Waals surface area contributed by atoms with Gasteiger partial charge in [0.15, 0.2) is 0 Å². The second kappa shape index (κ2) is 10.2. The van der Waals surface area contributed by atoms with E-state index < -0.39 is 0 Å². The van der Waals surface area contributed by atoms with E-state index in [-0.39, 0.29) is 23.4 Å². The predicted octanol–water partition coefficient (Wildman–Crippen LogP) is -3.35. The van der Waals surface area contributed by atoms with Crippen LogP contribution in [-0.2, 0) is 0 Å². The quantitative estimate of drug-likeness (QED) is 0.392. The second-order valence-corrected chi connectivity index (χ2v) is 5.37. The molecule has 0 spiro atoms. The topological polar surface area (TPSA) is 61.5 Å². The van der Waals surface area contributed by atoms with Crippen molar-refractivity contribution in [1.29, 1.82) is 0 Å². The Morgan fingerprint density at radius 2 is 0.538 bits per heavy atom. The Hall–Kier alpha value is 0.130. The lowest BCUT2D eigenvalue weighted by molar-refractivity contribution is -0.849. The molecule has 0 aromatic heterocycles. The maximum atomic E-state index is 2.12. The third-order valence-electron chi connectivity index (χ3n) is 0. The van der Waals surface area contributed by atoms with Crippen molar-refractivity contribution in [3.8, 4) is 0 Å². The minimum Gasteiger partial charge on any atom is -1.00 e. The highest BCUT2D eigenvalue weighted by atomic mass is 35.5. The smallest absolute Gasteiger partial charge is 0.0675 e. The molecule has 0 saturated carbocycles. The molecule has 88 valence electrons. The van der Waals surface area contributed by atoms with Crippen LogP contribution in [0, 0.1) is 0 Å². The van der Waals surface area contributed by atoms with Crippen LogP contribution in [0.2, 0.25) is 0 Å². The molecule has 0 aliphatic heterocycles. The van der Waals surface area contributed by atoms with E-state index >= 15 is 0 Å². The molecule has 5 heteroatoms. The van der Waals surface area contributed by atoms with E-state index in [1.807, 2.05) is 0 Å². The Balaban J connectivity index is -0.0000000267. The van der Waals surface area contributed by atoms with Gasteiger partial charge >= 0.3 is 0 Å². The summed E-state index contributed by atoms with van der Waals surface area (Å²) < 4.78 is 2.00. The molecule has 0 radical (unpaired) electrons. The van der Waals surface area contributed by atoms with Gasteiger partial charge in [0, 0.05) is 0 Å². The van der Waals surface area contributed by atoms with Gasteiger partial charge in [0.05, 0.1) is 56.4 Å². The van der Waals surface area contributed by atoms with Crippen molar-refractivity contribution in [1.82, 2.24) is 0 Å². The van der Waals surface area contributed by atoms with Crippen molar-refractivity contribution in [2.24, 2.45) is 0 Å². The Morgan fingerprint density at radius 1 is 0.538 bits per heavy atom. The summed E-state index contributed by atoms with van der Waals surface area (Å²) in [6.07, 6.45) is 0. The number of quaternary nitrogens is 2. The molecule has 0 rings (SSSR count). The Bertz CT molecular complexity index is 63.1. The maximum Gasteiger partial charge on any atom is 0.0675 e. The monoisotopic (exact) mass is 218 g/mol. The Labute approximate surface area is 89.4 Å². The number of nitrogens with zero attached hydrogens (tertiary/aromatic N) is 2. The van der Waals surface area contributed by atoms with Crippen LogP contribution < -0.4 is 12.4 Å². The fourth-order valence-corrected chi connectivity index (χ4v) is 0. The van der Waals surface area contributed by atoms with Crippen molar-refractivity contribution >= 4 is 0 Å². The van der Waals surface area contributed by atoms with E-state index in [1.54, 1.807) is 0 Å². The molecule has 0 bridgehead atoms. The average Bonchev–Trinajstić information content (AvgIpc) is 1.12. The highest BCUT2D eigenvalue weighted by Crippen LogP contribution is 1.74. The third kappa shape index (κ3) is 73700. The largest absolute Gasteiger partial charge is 1.00 e. The molecular formula is C8H27ClN2O2. The predicted molar refractivity (Wildman–Crippen MR) is 53.5 cm³/mol. The normalized spacial score (nSPS) is 9.23. The first-order valence-corrected chi connectivity index (χ1v) is 3.58. The zero-order valence-corrected chi connectivity index (χ0v) is 11.0. The van der Waals surface area contributed by atoms with E-state index in [2.05, 4.69) is 56.4 Å². The third-order valence-corrected chi connectivity index (χ3v) is 0. The van der Waals surface area contributed by atoms with E-state index in [1.165, 1.54) is 0 Å². The molecule has 0 aliphatic carbocycles. The van der Waals surface area contributed by atoms with Gasteiger partial charge in [0.2, 0.25) is 0 Å². The lowest BCUT2D eigenvalue weighted by Gasteiger charge is -2.14. The molecule has 0 atom stereocenters. The van der Waals surface area contributed by atoms with E-state index in [4.69, 9.17) is 0 Å². The molecule has 0 heterocycles. The van der Waals surface area contributed by atoms with E-state index in [0.717, 1.165) is 8.97 Å². The molecule has 0 fully saturated rings. The van der Waals surface area contributed by atoms with Gasteiger partial charge in [-0.1, -0.05) is 0 Å². The molecule has 0 saturated heterocycles. The van der Waals surface area contributed by atoms with Crippen LogP contribution in [0.1, 0.15) is 0 Å². The zero-order valence-electron chi connectivity index (χ0n) is 10.2. The fraction of sp³-hybridized carbons (Fsp3) is 1.00. The highest BCUT2D eigenvalue weighted by molar-refractivity contribution is 3.87. The van der Waals surface area contributed by atoms with Gasteiger partial charge in [-0.05, 0) is 0 Å². The fourth-order valence-electron chi connectivity index (χ4n) is 0. The lowest BCUT2D eigenvalue weighted by Crippen LogP contribution is -3.00. The summed E-state index contributed by atoms with van der Waals surface area (Å²) in [5.41, 5.74) is 0. The summed E-state index contributed by atoms with van der Waals surface area (Å²) in [7, 11) is 17.0. The number of hydrogen-bond acceptors (Lipinski definition) is 1. The van der Waals surface area contributed by atoms with Crippen molar-refractivity contribution in [3.63, 3.8) is 0 Å². The molecular weight excluding hydrogens is 192 g/mol. The minimum atomic E-state index is 0. The molecule has 0 aromatic carbocycles. The van der Waals surface area contributed by atoms with Crippen LogP contribution in [0.25, 0.3) is 0 Å². The molecule has 0 unspecified atom stereocenters. The van der Waals surface area contributed by atoms with Crippen LogP contribution in [-0.4, -0.2) is 76.3 Å². The molecule has 0 amide bonds. The Kier molecular flexibility index (Phi) is 23.0. The standard InChI is InChI=1S/2C4H12N.ClH.2H2O/c2*1-5(2,3)4;;;/h2*1-4H3;1H;2*1H2/q2*+1;;;/p-2. The first kappa shape index (κ1) is 29.2. The lowest BCUT2D eigenvalue weighted by atomic mass is 10.8. The van der Waals surface area contributed by atoms with Gasteiger partial charge in [-0.25, -0.2) is 0 Å². The zero-order chi connectivity index (χ0) is 9.00. The van der Waals surface area contributed by atoms with Gasteiger partial charge < -0.3 is 32.3 Å². The summed E-state index contributed by atoms with van der Waals surface area (Å²) in [5.74, 6) is 0. The van der Waals surface area contributed by atoms with Crippen LogP contribution in [0.4, 0.5) is 0 Å². The molecule has 13 heavy (non-hydrogen) atoms. The number of halogens is 1. The number of rotatable bonds is 0.